The van der Waals surface area contributed by atoms with Crippen LogP contribution in [0.2, 0.25) is 0 Å². The third kappa shape index (κ3) is 4.82. The molecule has 21 heavy (non-hydrogen) atoms. The number of carboxylic acid groups (broad SMARTS) is 1. The fourth-order valence-electron chi connectivity index (χ4n) is 2.14. The zero-order valence-electron chi connectivity index (χ0n) is 12.4. The molecule has 0 amide bonds. The Balaban J connectivity index is 2.94. The first-order valence-corrected chi connectivity index (χ1v) is 8.63. The fourth-order valence-corrected chi connectivity index (χ4v) is 3.88. The Morgan fingerprint density at radius 3 is 2.29 bits per heavy atom. The largest absolute Gasteiger partial charge is 0.478 e. The molecule has 0 bridgehead atoms. The number of aliphatic hydroxyl groups excluding tert-OH is 1. The van der Waals surface area contributed by atoms with Crippen molar-refractivity contribution in [2.75, 3.05) is 12.4 Å². The van der Waals surface area contributed by atoms with E-state index in [0.29, 0.717) is 24.0 Å². The number of benzene rings is 1. The van der Waals surface area contributed by atoms with Crippen molar-refractivity contribution in [1.29, 1.82) is 0 Å². The van der Waals surface area contributed by atoms with E-state index in [1.807, 2.05) is 0 Å². The smallest absolute Gasteiger partial charge is 0.335 e. The highest BCUT2D eigenvalue weighted by molar-refractivity contribution is 7.91. The number of sulfone groups is 1. The van der Waals surface area contributed by atoms with E-state index in [-0.39, 0.29) is 22.8 Å². The van der Waals surface area contributed by atoms with Crippen LogP contribution in [0, 0.1) is 13.8 Å². The van der Waals surface area contributed by atoms with E-state index in [9.17, 15) is 13.2 Å². The molecule has 0 aliphatic rings. The lowest BCUT2D eigenvalue weighted by atomic mass is 10.1. The predicted molar refractivity (Wildman–Crippen MR) is 80.5 cm³/mol. The molecule has 0 saturated heterocycles. The minimum Gasteiger partial charge on any atom is -0.478 e. The summed E-state index contributed by atoms with van der Waals surface area (Å²) in [7, 11) is -3.48. The molecule has 0 saturated carbocycles. The molecule has 0 spiro atoms. The average molecular weight is 314 g/mol. The molecule has 6 heteroatoms. The van der Waals surface area contributed by atoms with Crippen LogP contribution in [0.1, 0.15) is 47.2 Å². The van der Waals surface area contributed by atoms with Crippen LogP contribution in [0.4, 0.5) is 0 Å². The van der Waals surface area contributed by atoms with Crippen LogP contribution >= 0.6 is 0 Å². The number of carbonyl (C=O) groups is 1. The van der Waals surface area contributed by atoms with Crippen LogP contribution in [-0.4, -0.2) is 37.0 Å². The van der Waals surface area contributed by atoms with Gasteiger partial charge in [0.05, 0.1) is 16.2 Å². The summed E-state index contributed by atoms with van der Waals surface area (Å²) in [6, 6.07) is 2.73. The van der Waals surface area contributed by atoms with Crippen molar-refractivity contribution in [2.24, 2.45) is 0 Å². The Kier molecular flexibility index (Phi) is 6.36. The molecule has 1 aromatic rings. The summed E-state index contributed by atoms with van der Waals surface area (Å²) in [6.45, 7) is 3.52. The van der Waals surface area contributed by atoms with Gasteiger partial charge in [-0.15, -0.1) is 0 Å². The zero-order valence-corrected chi connectivity index (χ0v) is 13.2. The molecule has 5 nitrogen and oxygen atoms in total. The zero-order chi connectivity index (χ0) is 16.0. The Bertz CT molecular complexity index is 605. The summed E-state index contributed by atoms with van der Waals surface area (Å²) in [6.07, 6.45) is 2.71. The van der Waals surface area contributed by atoms with Gasteiger partial charge < -0.3 is 10.2 Å². The van der Waals surface area contributed by atoms with Crippen LogP contribution in [0.25, 0.3) is 0 Å². The van der Waals surface area contributed by atoms with Gasteiger partial charge in [0.15, 0.2) is 9.84 Å². The summed E-state index contributed by atoms with van der Waals surface area (Å²) in [4.78, 5) is 11.2. The molecule has 0 aromatic heterocycles. The van der Waals surface area contributed by atoms with E-state index in [0.717, 1.165) is 12.8 Å². The van der Waals surface area contributed by atoms with Crippen LogP contribution in [-0.2, 0) is 9.84 Å². The number of rotatable bonds is 8. The number of aliphatic hydroxyl groups is 1. The van der Waals surface area contributed by atoms with Gasteiger partial charge in [-0.05, 0) is 49.9 Å². The predicted octanol–water partition coefficient (Wildman–Crippen LogP) is 2.33. The van der Waals surface area contributed by atoms with Crippen LogP contribution in [0.3, 0.4) is 0 Å². The van der Waals surface area contributed by atoms with Crippen molar-refractivity contribution in [3.05, 3.63) is 28.8 Å². The first kappa shape index (κ1) is 17.7. The van der Waals surface area contributed by atoms with Gasteiger partial charge >= 0.3 is 5.97 Å². The summed E-state index contributed by atoms with van der Waals surface area (Å²) < 4.78 is 24.7. The summed E-state index contributed by atoms with van der Waals surface area (Å²) in [5.74, 6) is -1.13. The van der Waals surface area contributed by atoms with Crippen molar-refractivity contribution in [1.82, 2.24) is 0 Å². The van der Waals surface area contributed by atoms with Crippen molar-refractivity contribution >= 4 is 15.8 Å². The van der Waals surface area contributed by atoms with E-state index < -0.39 is 15.8 Å². The molecule has 0 radical (unpaired) electrons. The lowest BCUT2D eigenvalue weighted by Gasteiger charge is -2.11. The number of hydrogen-bond donors (Lipinski definition) is 2. The van der Waals surface area contributed by atoms with Gasteiger partial charge in [-0.25, -0.2) is 13.2 Å². The van der Waals surface area contributed by atoms with Gasteiger partial charge in [0.25, 0.3) is 0 Å². The van der Waals surface area contributed by atoms with E-state index in [1.165, 1.54) is 12.1 Å². The second-order valence-electron chi connectivity index (χ2n) is 5.18. The van der Waals surface area contributed by atoms with Crippen LogP contribution in [0.15, 0.2) is 17.0 Å². The Labute approximate surface area is 125 Å². The van der Waals surface area contributed by atoms with E-state index in [1.54, 1.807) is 13.8 Å². The second-order valence-corrected chi connectivity index (χ2v) is 7.26. The van der Waals surface area contributed by atoms with Crippen LogP contribution < -0.4 is 0 Å². The maximum absolute atomic E-state index is 12.4. The number of hydrogen-bond acceptors (Lipinski definition) is 4. The molecule has 0 atom stereocenters. The molecule has 0 unspecified atom stereocenters. The third-order valence-electron chi connectivity index (χ3n) is 3.52. The molecule has 0 heterocycles. The Hall–Kier alpha value is -1.40. The van der Waals surface area contributed by atoms with Gasteiger partial charge in [0.2, 0.25) is 0 Å². The van der Waals surface area contributed by atoms with Crippen molar-refractivity contribution < 1.29 is 23.4 Å². The van der Waals surface area contributed by atoms with E-state index >= 15 is 0 Å². The van der Waals surface area contributed by atoms with Crippen LogP contribution in [0.5, 0.6) is 0 Å². The maximum atomic E-state index is 12.4. The fraction of sp³-hybridized carbons (Fsp3) is 0.533. The van der Waals surface area contributed by atoms with Gasteiger partial charge in [-0.1, -0.05) is 12.8 Å². The van der Waals surface area contributed by atoms with Gasteiger partial charge in [0, 0.05) is 6.61 Å². The summed E-state index contributed by atoms with van der Waals surface area (Å²) in [5.41, 5.74) is 1.26. The molecule has 1 rings (SSSR count). The highest BCUT2D eigenvalue weighted by Gasteiger charge is 2.20. The third-order valence-corrected chi connectivity index (χ3v) is 5.44. The Morgan fingerprint density at radius 2 is 1.71 bits per heavy atom. The van der Waals surface area contributed by atoms with E-state index in [4.69, 9.17) is 10.2 Å². The lowest BCUT2D eigenvalue weighted by molar-refractivity contribution is 0.0696. The highest BCUT2D eigenvalue weighted by atomic mass is 32.2. The van der Waals surface area contributed by atoms with Gasteiger partial charge in [0.1, 0.15) is 0 Å². The second kappa shape index (κ2) is 7.56. The first-order valence-electron chi connectivity index (χ1n) is 6.97. The van der Waals surface area contributed by atoms with Crippen molar-refractivity contribution in [3.8, 4) is 0 Å². The SMILES string of the molecule is Cc1cc(C(=O)O)cc(S(=O)(=O)CCCCCCO)c1C. The maximum Gasteiger partial charge on any atom is 0.335 e. The highest BCUT2D eigenvalue weighted by Crippen LogP contribution is 2.23. The first-order chi connectivity index (χ1) is 9.79. The molecular weight excluding hydrogens is 292 g/mol. The lowest BCUT2D eigenvalue weighted by Crippen LogP contribution is -2.11. The summed E-state index contributed by atoms with van der Waals surface area (Å²) >= 11 is 0. The molecule has 118 valence electrons. The van der Waals surface area contributed by atoms with Gasteiger partial charge in [-0.3, -0.25) is 0 Å². The van der Waals surface area contributed by atoms with Crippen molar-refractivity contribution in [2.45, 2.75) is 44.4 Å². The standard InChI is InChI=1S/C15H22O5S/c1-11-9-13(15(17)18)10-14(12(11)2)21(19,20)8-6-4-3-5-7-16/h9-10,16H,3-8H2,1-2H3,(H,17,18). The Morgan fingerprint density at radius 1 is 1.10 bits per heavy atom. The minimum atomic E-state index is -3.48. The summed E-state index contributed by atoms with van der Waals surface area (Å²) in [5, 5.41) is 17.7. The topological polar surface area (TPSA) is 91.7 Å². The minimum absolute atomic E-state index is 0.00177. The number of carboxylic acids is 1. The van der Waals surface area contributed by atoms with E-state index in [2.05, 4.69) is 0 Å². The number of unbranched alkanes of at least 4 members (excludes halogenated alkanes) is 3. The monoisotopic (exact) mass is 314 g/mol. The molecule has 0 aliphatic carbocycles. The molecule has 2 N–H and O–H groups in total. The van der Waals surface area contributed by atoms with Crippen molar-refractivity contribution in [3.63, 3.8) is 0 Å². The molecule has 0 fully saturated rings. The normalized spacial score (nSPS) is 11.6. The number of aromatic carboxylic acids is 1. The molecule has 0 aliphatic heterocycles. The number of aryl methyl sites for hydroxylation is 1. The quantitative estimate of drug-likeness (QED) is 0.719. The molecular formula is C15H22O5S. The van der Waals surface area contributed by atoms with Gasteiger partial charge in [-0.2, -0.15) is 0 Å². The molecule has 1 aromatic carbocycles. The average Bonchev–Trinajstić information content (AvgIpc) is 2.40.